The molecule has 1 aromatic carbocycles. The lowest BCUT2D eigenvalue weighted by Gasteiger charge is -2.12. The van der Waals surface area contributed by atoms with Gasteiger partial charge in [-0.3, -0.25) is 0 Å². The summed E-state index contributed by atoms with van der Waals surface area (Å²) in [5.41, 5.74) is 9.62. The minimum atomic E-state index is 0.107. The zero-order chi connectivity index (χ0) is 16.8. The summed E-state index contributed by atoms with van der Waals surface area (Å²) in [4.78, 5) is 4.32. The van der Waals surface area contributed by atoms with Crippen LogP contribution in [0.1, 0.15) is 17.7 Å². The lowest BCUT2D eigenvalue weighted by Crippen LogP contribution is -2.03. The van der Waals surface area contributed by atoms with Crippen LogP contribution in [0.2, 0.25) is 0 Å². The highest BCUT2D eigenvalue weighted by atomic mass is 16.5. The first-order valence-corrected chi connectivity index (χ1v) is 7.33. The minimum Gasteiger partial charge on any atom is -0.493 e. The van der Waals surface area contributed by atoms with Crippen molar-refractivity contribution in [3.05, 3.63) is 35.5 Å². The fourth-order valence-corrected chi connectivity index (χ4v) is 2.21. The molecule has 2 rings (SSSR count). The molecule has 0 bridgehead atoms. The Morgan fingerprint density at radius 2 is 2.17 bits per heavy atom. The summed E-state index contributed by atoms with van der Waals surface area (Å²) in [5, 5.41) is 20.9. The molecule has 0 aliphatic heterocycles. The van der Waals surface area contributed by atoms with Crippen LogP contribution in [0.5, 0.6) is 5.75 Å². The molecule has 0 unspecified atom stereocenters. The van der Waals surface area contributed by atoms with Crippen molar-refractivity contribution in [2.45, 2.75) is 13.3 Å². The number of hydrogen-bond donors (Lipinski definition) is 3. The number of aromatic nitrogens is 1. The molecule has 0 amide bonds. The standard InChI is InChI=1S/C17H20N4O2/c1-11-8-12(4-5-16(11)23-7-3-6-22)13-9-14(20-2)17(19)15(10-18)21-13/h4-5,8-9,22H,3,6-7,19H2,1-2H3,(H,20,21). The monoisotopic (exact) mass is 312 g/mol. The molecule has 2 aromatic rings. The van der Waals surface area contributed by atoms with E-state index < -0.39 is 0 Å². The van der Waals surface area contributed by atoms with Crippen LogP contribution < -0.4 is 15.8 Å². The van der Waals surface area contributed by atoms with Crippen molar-refractivity contribution in [2.24, 2.45) is 0 Å². The van der Waals surface area contributed by atoms with E-state index in [9.17, 15) is 0 Å². The van der Waals surface area contributed by atoms with Crippen molar-refractivity contribution in [1.29, 1.82) is 5.26 Å². The molecule has 6 heteroatoms. The summed E-state index contributed by atoms with van der Waals surface area (Å²) in [6.07, 6.45) is 0.595. The maximum atomic E-state index is 9.17. The predicted octanol–water partition coefficient (Wildman–Crippen LogP) is 2.31. The normalized spacial score (nSPS) is 10.2. The average Bonchev–Trinajstić information content (AvgIpc) is 2.56. The zero-order valence-electron chi connectivity index (χ0n) is 13.3. The largest absolute Gasteiger partial charge is 0.493 e. The van der Waals surface area contributed by atoms with Gasteiger partial charge in [0.25, 0.3) is 0 Å². The molecular formula is C17H20N4O2. The van der Waals surface area contributed by atoms with Crippen LogP contribution in [-0.4, -0.2) is 30.4 Å². The number of aliphatic hydroxyl groups is 1. The number of rotatable bonds is 6. The van der Waals surface area contributed by atoms with Gasteiger partial charge < -0.3 is 20.9 Å². The van der Waals surface area contributed by atoms with Crippen LogP contribution >= 0.6 is 0 Å². The van der Waals surface area contributed by atoms with Gasteiger partial charge in [-0.25, -0.2) is 4.98 Å². The van der Waals surface area contributed by atoms with Gasteiger partial charge in [-0.2, -0.15) is 5.26 Å². The molecule has 0 radical (unpaired) electrons. The number of nitriles is 1. The molecule has 6 nitrogen and oxygen atoms in total. The Kier molecular flexibility index (Phi) is 5.39. The van der Waals surface area contributed by atoms with Crippen LogP contribution in [-0.2, 0) is 0 Å². The number of aliphatic hydroxyl groups excluding tert-OH is 1. The van der Waals surface area contributed by atoms with Gasteiger partial charge in [-0.05, 0) is 36.8 Å². The van der Waals surface area contributed by atoms with Crippen molar-refractivity contribution < 1.29 is 9.84 Å². The summed E-state index contributed by atoms with van der Waals surface area (Å²) < 4.78 is 5.61. The molecule has 0 spiro atoms. The van der Waals surface area contributed by atoms with Gasteiger partial charge in [-0.1, -0.05) is 0 Å². The van der Waals surface area contributed by atoms with Crippen LogP contribution in [0.3, 0.4) is 0 Å². The molecule has 120 valence electrons. The van der Waals surface area contributed by atoms with E-state index in [0.29, 0.717) is 30.1 Å². The van der Waals surface area contributed by atoms with Gasteiger partial charge in [0, 0.05) is 25.6 Å². The third-order valence-corrected chi connectivity index (χ3v) is 3.46. The van der Waals surface area contributed by atoms with Crippen LogP contribution in [0.15, 0.2) is 24.3 Å². The summed E-state index contributed by atoms with van der Waals surface area (Å²) in [6.45, 7) is 2.52. The number of ether oxygens (including phenoxy) is 1. The Morgan fingerprint density at radius 1 is 1.39 bits per heavy atom. The van der Waals surface area contributed by atoms with E-state index >= 15 is 0 Å². The van der Waals surface area contributed by atoms with Gasteiger partial charge >= 0.3 is 0 Å². The highest BCUT2D eigenvalue weighted by Crippen LogP contribution is 2.30. The fraction of sp³-hybridized carbons (Fsp3) is 0.294. The SMILES string of the molecule is CNc1cc(-c2ccc(OCCCO)c(C)c2)nc(C#N)c1N. The highest BCUT2D eigenvalue weighted by Gasteiger charge is 2.11. The maximum Gasteiger partial charge on any atom is 0.166 e. The Balaban J connectivity index is 2.36. The minimum absolute atomic E-state index is 0.107. The third kappa shape index (κ3) is 3.71. The van der Waals surface area contributed by atoms with E-state index in [1.54, 1.807) is 7.05 Å². The Bertz CT molecular complexity index is 738. The number of aryl methyl sites for hydroxylation is 1. The lowest BCUT2D eigenvalue weighted by molar-refractivity contribution is 0.233. The molecule has 0 saturated heterocycles. The zero-order valence-corrected chi connectivity index (χ0v) is 13.3. The molecule has 1 heterocycles. The van der Waals surface area contributed by atoms with E-state index in [4.69, 9.17) is 20.8 Å². The van der Waals surface area contributed by atoms with Crippen LogP contribution in [0.25, 0.3) is 11.3 Å². The number of nitrogens with one attached hydrogen (secondary N) is 1. The summed E-state index contributed by atoms with van der Waals surface area (Å²) in [6, 6.07) is 9.54. The molecule has 4 N–H and O–H groups in total. The van der Waals surface area contributed by atoms with Gasteiger partial charge in [0.2, 0.25) is 0 Å². The Hall–Kier alpha value is -2.78. The molecule has 0 aliphatic carbocycles. The molecule has 23 heavy (non-hydrogen) atoms. The van der Waals surface area contributed by atoms with Crippen LogP contribution in [0.4, 0.5) is 11.4 Å². The first kappa shape index (κ1) is 16.6. The Morgan fingerprint density at radius 3 is 2.78 bits per heavy atom. The van der Waals surface area contributed by atoms with Crippen molar-refractivity contribution >= 4 is 11.4 Å². The first-order chi connectivity index (χ1) is 11.1. The van der Waals surface area contributed by atoms with Gasteiger partial charge in [0.15, 0.2) is 5.69 Å². The number of nitrogens with zero attached hydrogens (tertiary/aromatic N) is 2. The van der Waals surface area contributed by atoms with Crippen molar-refractivity contribution in [3.8, 4) is 23.1 Å². The number of hydrogen-bond acceptors (Lipinski definition) is 6. The topological polar surface area (TPSA) is 104 Å². The fourth-order valence-electron chi connectivity index (χ4n) is 2.21. The van der Waals surface area contributed by atoms with E-state index in [-0.39, 0.29) is 12.3 Å². The summed E-state index contributed by atoms with van der Waals surface area (Å²) >= 11 is 0. The quantitative estimate of drug-likeness (QED) is 0.707. The second kappa shape index (κ2) is 7.47. The predicted molar refractivity (Wildman–Crippen MR) is 90.3 cm³/mol. The van der Waals surface area contributed by atoms with Crippen LogP contribution in [0, 0.1) is 18.3 Å². The lowest BCUT2D eigenvalue weighted by atomic mass is 10.1. The molecule has 0 fully saturated rings. The second-order valence-electron chi connectivity index (χ2n) is 5.09. The first-order valence-electron chi connectivity index (χ1n) is 7.33. The third-order valence-electron chi connectivity index (χ3n) is 3.46. The molecular weight excluding hydrogens is 292 g/mol. The van der Waals surface area contributed by atoms with Gasteiger partial charge in [0.1, 0.15) is 11.8 Å². The number of anilines is 2. The molecule has 1 aromatic heterocycles. The molecule has 0 atom stereocenters. The highest BCUT2D eigenvalue weighted by molar-refractivity contribution is 5.77. The van der Waals surface area contributed by atoms with Gasteiger partial charge in [0.05, 0.1) is 23.7 Å². The van der Waals surface area contributed by atoms with E-state index in [1.807, 2.05) is 37.3 Å². The second-order valence-corrected chi connectivity index (χ2v) is 5.09. The maximum absolute atomic E-state index is 9.17. The van der Waals surface area contributed by atoms with E-state index in [2.05, 4.69) is 10.3 Å². The van der Waals surface area contributed by atoms with E-state index in [1.165, 1.54) is 0 Å². The smallest absolute Gasteiger partial charge is 0.166 e. The number of pyridine rings is 1. The number of nitrogen functional groups attached to an aromatic ring is 1. The average molecular weight is 312 g/mol. The summed E-state index contributed by atoms with van der Waals surface area (Å²) in [7, 11) is 1.75. The molecule has 0 saturated carbocycles. The van der Waals surface area contributed by atoms with Crippen molar-refractivity contribution in [3.63, 3.8) is 0 Å². The number of nitrogens with two attached hydrogens (primary N) is 1. The van der Waals surface area contributed by atoms with Crippen molar-refractivity contribution in [1.82, 2.24) is 4.98 Å². The number of benzene rings is 1. The van der Waals surface area contributed by atoms with E-state index in [0.717, 1.165) is 16.9 Å². The van der Waals surface area contributed by atoms with Crippen molar-refractivity contribution in [2.75, 3.05) is 31.3 Å². The van der Waals surface area contributed by atoms with Gasteiger partial charge in [-0.15, -0.1) is 0 Å². The Labute approximate surface area is 135 Å². The summed E-state index contributed by atoms with van der Waals surface area (Å²) in [5.74, 6) is 0.770. The molecule has 0 aliphatic rings.